The molecular formula is C19H21NO4. The highest BCUT2D eigenvalue weighted by molar-refractivity contribution is 6.00. The summed E-state index contributed by atoms with van der Waals surface area (Å²) in [5, 5.41) is 9.73. The zero-order valence-electron chi connectivity index (χ0n) is 14.0. The minimum Gasteiger partial charge on any atom is -0.508 e. The molecule has 3 rings (SSSR count). The zero-order chi connectivity index (χ0) is 17.3. The van der Waals surface area contributed by atoms with E-state index < -0.39 is 6.10 Å². The third-order valence-electron chi connectivity index (χ3n) is 4.10. The van der Waals surface area contributed by atoms with Crippen molar-refractivity contribution in [3.8, 4) is 17.2 Å². The summed E-state index contributed by atoms with van der Waals surface area (Å²) in [5.74, 6) is 1.27. The SMILES string of the molecule is COc1ccccc1CC1Oc2cc(O)ccc2N(C(C)C)C1=O. The van der Waals surface area contributed by atoms with Crippen LogP contribution in [0.25, 0.3) is 0 Å². The predicted molar refractivity (Wildman–Crippen MR) is 91.8 cm³/mol. The van der Waals surface area contributed by atoms with E-state index in [4.69, 9.17) is 9.47 Å². The summed E-state index contributed by atoms with van der Waals surface area (Å²) in [6, 6.07) is 12.4. The molecule has 24 heavy (non-hydrogen) atoms. The molecule has 1 N–H and O–H groups in total. The molecule has 0 aliphatic carbocycles. The Bertz CT molecular complexity index is 757. The summed E-state index contributed by atoms with van der Waals surface area (Å²) in [6.07, 6.45) is -0.251. The van der Waals surface area contributed by atoms with E-state index in [2.05, 4.69) is 0 Å². The van der Waals surface area contributed by atoms with E-state index in [9.17, 15) is 9.90 Å². The van der Waals surface area contributed by atoms with Crippen LogP contribution in [0.4, 0.5) is 5.69 Å². The maximum absolute atomic E-state index is 12.9. The molecule has 5 heteroatoms. The Morgan fingerprint density at radius 2 is 2.00 bits per heavy atom. The van der Waals surface area contributed by atoms with Gasteiger partial charge in [0.25, 0.3) is 5.91 Å². The molecule has 1 atom stereocenters. The van der Waals surface area contributed by atoms with Gasteiger partial charge in [-0.3, -0.25) is 4.79 Å². The number of hydrogen-bond donors (Lipinski definition) is 1. The first-order valence-electron chi connectivity index (χ1n) is 7.96. The number of fused-ring (bicyclic) bond motifs is 1. The molecule has 126 valence electrons. The second kappa shape index (κ2) is 6.43. The minimum absolute atomic E-state index is 0.00939. The molecule has 0 saturated heterocycles. The average Bonchev–Trinajstić information content (AvgIpc) is 2.56. The van der Waals surface area contributed by atoms with Crippen molar-refractivity contribution in [3.63, 3.8) is 0 Å². The van der Waals surface area contributed by atoms with E-state index in [0.717, 1.165) is 11.3 Å². The normalized spacial score (nSPS) is 16.8. The second-order valence-electron chi connectivity index (χ2n) is 6.08. The molecule has 0 radical (unpaired) electrons. The predicted octanol–water partition coefficient (Wildman–Crippen LogP) is 3.15. The fourth-order valence-electron chi connectivity index (χ4n) is 3.01. The number of carbonyl (C=O) groups excluding carboxylic acids is 1. The number of rotatable bonds is 4. The molecule has 2 aromatic rings. The number of hydrogen-bond acceptors (Lipinski definition) is 4. The molecule has 0 aromatic heterocycles. The van der Waals surface area contributed by atoms with Crippen LogP contribution in [0.3, 0.4) is 0 Å². The van der Waals surface area contributed by atoms with Crippen LogP contribution in [0, 0.1) is 0 Å². The van der Waals surface area contributed by atoms with E-state index >= 15 is 0 Å². The van der Waals surface area contributed by atoms with Gasteiger partial charge in [-0.2, -0.15) is 0 Å². The van der Waals surface area contributed by atoms with Crippen molar-refractivity contribution in [2.75, 3.05) is 12.0 Å². The van der Waals surface area contributed by atoms with Crippen LogP contribution in [-0.2, 0) is 11.2 Å². The molecule has 5 nitrogen and oxygen atoms in total. The van der Waals surface area contributed by atoms with Gasteiger partial charge in [0.15, 0.2) is 6.10 Å². The molecule has 0 fully saturated rings. The number of carbonyl (C=O) groups is 1. The van der Waals surface area contributed by atoms with E-state index in [1.54, 1.807) is 30.2 Å². The molecular weight excluding hydrogens is 306 g/mol. The smallest absolute Gasteiger partial charge is 0.268 e. The Kier molecular flexibility index (Phi) is 4.34. The fourth-order valence-corrected chi connectivity index (χ4v) is 3.01. The Hall–Kier alpha value is -2.69. The molecule has 0 bridgehead atoms. The van der Waals surface area contributed by atoms with Gasteiger partial charge in [0, 0.05) is 18.5 Å². The van der Waals surface area contributed by atoms with Gasteiger partial charge in [-0.25, -0.2) is 0 Å². The number of anilines is 1. The third-order valence-corrected chi connectivity index (χ3v) is 4.10. The van der Waals surface area contributed by atoms with Gasteiger partial charge < -0.3 is 19.5 Å². The lowest BCUT2D eigenvalue weighted by Crippen LogP contribution is -2.49. The monoisotopic (exact) mass is 327 g/mol. The summed E-state index contributed by atoms with van der Waals surface area (Å²) in [6.45, 7) is 3.92. The first-order chi connectivity index (χ1) is 11.5. The first-order valence-corrected chi connectivity index (χ1v) is 7.96. The van der Waals surface area contributed by atoms with Crippen molar-refractivity contribution >= 4 is 11.6 Å². The third kappa shape index (κ3) is 2.89. The quantitative estimate of drug-likeness (QED) is 0.937. The molecule has 0 spiro atoms. The number of amides is 1. The van der Waals surface area contributed by atoms with Crippen LogP contribution in [0.1, 0.15) is 19.4 Å². The van der Waals surface area contributed by atoms with Crippen molar-refractivity contribution in [3.05, 3.63) is 48.0 Å². The summed E-state index contributed by atoms with van der Waals surface area (Å²) >= 11 is 0. The molecule has 1 aliphatic rings. The summed E-state index contributed by atoms with van der Waals surface area (Å²) in [4.78, 5) is 14.6. The topological polar surface area (TPSA) is 59.0 Å². The summed E-state index contributed by atoms with van der Waals surface area (Å²) in [7, 11) is 1.61. The van der Waals surface area contributed by atoms with Crippen LogP contribution in [-0.4, -0.2) is 30.3 Å². The fraction of sp³-hybridized carbons (Fsp3) is 0.316. The molecule has 0 saturated carbocycles. The van der Waals surface area contributed by atoms with Gasteiger partial charge in [0.05, 0.1) is 12.8 Å². The van der Waals surface area contributed by atoms with Crippen LogP contribution in [0.5, 0.6) is 17.2 Å². The van der Waals surface area contributed by atoms with Crippen molar-refractivity contribution < 1.29 is 19.4 Å². The number of nitrogens with zero attached hydrogens (tertiary/aromatic N) is 1. The second-order valence-corrected chi connectivity index (χ2v) is 6.08. The average molecular weight is 327 g/mol. The highest BCUT2D eigenvalue weighted by Gasteiger charge is 2.36. The summed E-state index contributed by atoms with van der Waals surface area (Å²) in [5.41, 5.74) is 1.59. The van der Waals surface area contributed by atoms with Gasteiger partial charge >= 0.3 is 0 Å². The Morgan fingerprint density at radius 1 is 1.25 bits per heavy atom. The van der Waals surface area contributed by atoms with Crippen molar-refractivity contribution in [1.29, 1.82) is 0 Å². The number of aromatic hydroxyl groups is 1. The largest absolute Gasteiger partial charge is 0.508 e. The molecule has 1 amide bonds. The van der Waals surface area contributed by atoms with Crippen LogP contribution in [0.2, 0.25) is 0 Å². The van der Waals surface area contributed by atoms with E-state index in [0.29, 0.717) is 17.9 Å². The molecule has 1 aliphatic heterocycles. The minimum atomic E-state index is -0.655. The van der Waals surface area contributed by atoms with E-state index in [1.807, 2.05) is 38.1 Å². The van der Waals surface area contributed by atoms with E-state index in [-0.39, 0.29) is 17.7 Å². The van der Waals surface area contributed by atoms with Crippen molar-refractivity contribution in [1.82, 2.24) is 0 Å². The van der Waals surface area contributed by atoms with Gasteiger partial charge in [-0.1, -0.05) is 18.2 Å². The molecule has 1 heterocycles. The highest BCUT2D eigenvalue weighted by Crippen LogP contribution is 2.38. The Morgan fingerprint density at radius 3 is 2.71 bits per heavy atom. The Balaban J connectivity index is 1.96. The number of benzene rings is 2. The zero-order valence-corrected chi connectivity index (χ0v) is 14.0. The lowest BCUT2D eigenvalue weighted by atomic mass is 10.0. The van der Waals surface area contributed by atoms with Gasteiger partial charge in [-0.05, 0) is 37.6 Å². The van der Waals surface area contributed by atoms with Gasteiger partial charge in [0.1, 0.15) is 17.2 Å². The first kappa shape index (κ1) is 16.2. The number of phenols is 1. The number of phenolic OH excluding ortho intramolecular Hbond substituents is 1. The lowest BCUT2D eigenvalue weighted by molar-refractivity contribution is -0.126. The van der Waals surface area contributed by atoms with E-state index in [1.165, 1.54) is 0 Å². The van der Waals surface area contributed by atoms with Crippen LogP contribution in [0.15, 0.2) is 42.5 Å². The van der Waals surface area contributed by atoms with Crippen molar-refractivity contribution in [2.45, 2.75) is 32.4 Å². The number of para-hydroxylation sites is 1. The molecule has 2 aromatic carbocycles. The standard InChI is InChI=1S/C19H21NO4/c1-12(2)20-15-9-8-14(21)11-17(15)24-18(19(20)22)10-13-6-4-5-7-16(13)23-3/h4-9,11-12,18,21H,10H2,1-3H3. The van der Waals surface area contributed by atoms with Gasteiger partial charge in [-0.15, -0.1) is 0 Å². The van der Waals surface area contributed by atoms with Crippen molar-refractivity contribution in [2.24, 2.45) is 0 Å². The summed E-state index contributed by atoms with van der Waals surface area (Å²) < 4.78 is 11.3. The van der Waals surface area contributed by atoms with Gasteiger partial charge in [0.2, 0.25) is 0 Å². The Labute approximate surface area is 141 Å². The number of methoxy groups -OCH3 is 1. The highest BCUT2D eigenvalue weighted by atomic mass is 16.5. The maximum Gasteiger partial charge on any atom is 0.268 e. The molecule has 1 unspecified atom stereocenters. The van der Waals surface area contributed by atoms with Crippen LogP contribution < -0.4 is 14.4 Å². The maximum atomic E-state index is 12.9. The number of ether oxygens (including phenoxy) is 2. The van der Waals surface area contributed by atoms with Crippen LogP contribution >= 0.6 is 0 Å². The lowest BCUT2D eigenvalue weighted by Gasteiger charge is -2.37.